The zero-order chi connectivity index (χ0) is 20.4. The zero-order valence-corrected chi connectivity index (χ0v) is 16.9. The van der Waals surface area contributed by atoms with E-state index in [1.54, 1.807) is 4.57 Å². The Hall–Kier alpha value is -3.25. The second kappa shape index (κ2) is 8.01. The van der Waals surface area contributed by atoms with Gasteiger partial charge in [0.2, 0.25) is 5.91 Å². The van der Waals surface area contributed by atoms with E-state index in [-0.39, 0.29) is 18.5 Å². The average molecular weight is 404 g/mol. The molecule has 2 aromatic carbocycles. The van der Waals surface area contributed by atoms with Crippen LogP contribution in [0.1, 0.15) is 19.2 Å². The van der Waals surface area contributed by atoms with Crippen LogP contribution in [-0.4, -0.2) is 15.5 Å². The predicted molar refractivity (Wildman–Crippen MR) is 118 cm³/mol. The van der Waals surface area contributed by atoms with E-state index in [4.69, 9.17) is 5.73 Å². The lowest BCUT2D eigenvalue weighted by atomic mass is 10.0. The van der Waals surface area contributed by atoms with Gasteiger partial charge in [-0.15, -0.1) is 11.3 Å². The highest BCUT2D eigenvalue weighted by Crippen LogP contribution is 2.32. The third-order valence-corrected chi connectivity index (χ3v) is 5.85. The molecule has 0 spiro atoms. The third-order valence-electron chi connectivity index (χ3n) is 4.97. The Kier molecular flexibility index (Phi) is 5.27. The van der Waals surface area contributed by atoms with E-state index in [0.29, 0.717) is 17.6 Å². The van der Waals surface area contributed by atoms with Crippen LogP contribution in [0.25, 0.3) is 32.5 Å². The van der Waals surface area contributed by atoms with E-state index in [1.807, 2.05) is 42.6 Å². The van der Waals surface area contributed by atoms with Crippen molar-refractivity contribution < 1.29 is 4.79 Å². The first-order valence-corrected chi connectivity index (χ1v) is 10.4. The first-order chi connectivity index (χ1) is 14.1. The quantitative estimate of drug-likeness (QED) is 0.523. The van der Waals surface area contributed by atoms with Gasteiger partial charge in [-0.25, -0.2) is 4.98 Å². The summed E-state index contributed by atoms with van der Waals surface area (Å²) in [5.41, 5.74) is 9.29. The zero-order valence-electron chi connectivity index (χ0n) is 16.1. The average Bonchev–Trinajstić information content (AvgIpc) is 3.17. The molecule has 0 fully saturated rings. The number of amides is 1. The van der Waals surface area contributed by atoms with Gasteiger partial charge in [0, 0.05) is 30.3 Å². The fourth-order valence-electron chi connectivity index (χ4n) is 3.47. The summed E-state index contributed by atoms with van der Waals surface area (Å²) in [7, 11) is 0. The third kappa shape index (κ3) is 3.71. The second-order valence-electron chi connectivity index (χ2n) is 6.83. The maximum absolute atomic E-state index is 13.2. The fourth-order valence-corrected chi connectivity index (χ4v) is 4.43. The molecule has 1 amide bonds. The smallest absolute Gasteiger partial charge is 0.262 e. The lowest BCUT2D eigenvalue weighted by molar-refractivity contribution is -0.118. The van der Waals surface area contributed by atoms with Crippen LogP contribution in [0.5, 0.6) is 0 Å². The molecule has 6 heteroatoms. The number of primary amides is 1. The van der Waals surface area contributed by atoms with Crippen molar-refractivity contribution in [3.63, 3.8) is 0 Å². The van der Waals surface area contributed by atoms with Gasteiger partial charge in [-0.2, -0.15) is 0 Å². The molecule has 0 unspecified atom stereocenters. The van der Waals surface area contributed by atoms with E-state index in [2.05, 4.69) is 29.2 Å². The Labute approximate surface area is 172 Å². The summed E-state index contributed by atoms with van der Waals surface area (Å²) in [5, 5.41) is 2.58. The summed E-state index contributed by atoms with van der Waals surface area (Å²) >= 11 is 1.47. The Morgan fingerprint density at radius 2 is 1.69 bits per heavy atom. The number of hydrogen-bond acceptors (Lipinski definition) is 4. The van der Waals surface area contributed by atoms with Gasteiger partial charge < -0.3 is 5.73 Å². The topological polar surface area (TPSA) is 78.0 Å². The van der Waals surface area contributed by atoms with Crippen molar-refractivity contribution in [1.29, 1.82) is 0 Å². The van der Waals surface area contributed by atoms with Crippen LogP contribution in [0.2, 0.25) is 0 Å². The Balaban J connectivity index is 1.79. The maximum Gasteiger partial charge on any atom is 0.262 e. The molecule has 2 aromatic heterocycles. The summed E-state index contributed by atoms with van der Waals surface area (Å²) in [4.78, 5) is 29.9. The maximum atomic E-state index is 13.2. The molecule has 4 aromatic rings. The number of aromatic nitrogens is 2. The highest BCUT2D eigenvalue weighted by Gasteiger charge is 2.16. The minimum Gasteiger partial charge on any atom is -0.370 e. The molecule has 29 heavy (non-hydrogen) atoms. The van der Waals surface area contributed by atoms with Gasteiger partial charge in [-0.1, -0.05) is 61.5 Å². The van der Waals surface area contributed by atoms with Gasteiger partial charge in [0.05, 0.1) is 5.39 Å². The molecular formula is C23H21N3O2S. The second-order valence-corrected chi connectivity index (χ2v) is 7.69. The summed E-state index contributed by atoms with van der Waals surface area (Å²) in [5.74, 6) is 0.248. The summed E-state index contributed by atoms with van der Waals surface area (Å²) in [6.45, 7) is 2.20. The van der Waals surface area contributed by atoms with Crippen LogP contribution < -0.4 is 11.3 Å². The lowest BCUT2D eigenvalue weighted by Crippen LogP contribution is -2.27. The first kappa shape index (κ1) is 19.1. The molecule has 2 N–H and O–H groups in total. The van der Waals surface area contributed by atoms with Crippen LogP contribution >= 0.6 is 11.3 Å². The van der Waals surface area contributed by atoms with Crippen molar-refractivity contribution in [2.75, 3.05) is 0 Å². The van der Waals surface area contributed by atoms with Crippen molar-refractivity contribution in [3.05, 3.63) is 76.2 Å². The lowest BCUT2D eigenvalue weighted by Gasteiger charge is -2.11. The summed E-state index contributed by atoms with van der Waals surface area (Å²) in [6.07, 6.45) is 0.730. The molecule has 0 radical (unpaired) electrons. The number of carbonyl (C=O) groups is 1. The number of nitrogens with zero attached hydrogens (tertiary/aromatic N) is 2. The number of thiophene rings is 1. The molecule has 0 bridgehead atoms. The molecule has 0 saturated carbocycles. The fraction of sp³-hybridized carbons (Fsp3) is 0.174. The van der Waals surface area contributed by atoms with Crippen molar-refractivity contribution in [2.24, 2.45) is 5.73 Å². The predicted octanol–water partition coefficient (Wildman–Crippen LogP) is 4.23. The van der Waals surface area contributed by atoms with Crippen LogP contribution in [0.15, 0.2) is 64.8 Å². The van der Waals surface area contributed by atoms with Crippen molar-refractivity contribution in [3.8, 4) is 22.3 Å². The highest BCUT2D eigenvalue weighted by atomic mass is 32.1. The Bertz CT molecular complexity index is 1220. The number of hydrogen-bond donors (Lipinski definition) is 1. The van der Waals surface area contributed by atoms with Crippen molar-refractivity contribution in [2.45, 2.75) is 26.3 Å². The Morgan fingerprint density at radius 1 is 1.03 bits per heavy atom. The van der Waals surface area contributed by atoms with E-state index >= 15 is 0 Å². The minimum absolute atomic E-state index is 0.114. The molecule has 0 saturated heterocycles. The number of carbonyl (C=O) groups excluding carboxylic acids is 1. The van der Waals surface area contributed by atoms with E-state index in [9.17, 15) is 9.59 Å². The van der Waals surface area contributed by atoms with Crippen molar-refractivity contribution in [1.82, 2.24) is 9.55 Å². The summed E-state index contributed by atoms with van der Waals surface area (Å²) in [6, 6.07) is 18.4. The van der Waals surface area contributed by atoms with Gasteiger partial charge in [0.25, 0.3) is 5.56 Å². The van der Waals surface area contributed by atoms with Gasteiger partial charge >= 0.3 is 0 Å². The molecule has 5 nitrogen and oxygen atoms in total. The van der Waals surface area contributed by atoms with Gasteiger partial charge in [-0.3, -0.25) is 14.2 Å². The highest BCUT2D eigenvalue weighted by molar-refractivity contribution is 7.17. The van der Waals surface area contributed by atoms with E-state index in [0.717, 1.165) is 27.1 Å². The largest absolute Gasteiger partial charge is 0.370 e. The number of fused-ring (bicyclic) bond motifs is 1. The standard InChI is InChI=1S/C23H21N3O2S/c1-2-20-25-22-21(23(28)26(20)13-12-19(24)27)18(14-29-22)17-10-8-16(9-11-17)15-6-4-3-5-7-15/h3-11,14H,2,12-13H2,1H3,(H2,24,27). The van der Waals surface area contributed by atoms with Crippen LogP contribution in [0.3, 0.4) is 0 Å². The number of nitrogens with two attached hydrogens (primary N) is 1. The molecule has 0 aliphatic rings. The monoisotopic (exact) mass is 403 g/mol. The van der Waals surface area contributed by atoms with Crippen LogP contribution in [0.4, 0.5) is 0 Å². The first-order valence-electron chi connectivity index (χ1n) is 9.53. The van der Waals surface area contributed by atoms with Gasteiger partial charge in [0.1, 0.15) is 10.7 Å². The van der Waals surface area contributed by atoms with Gasteiger partial charge in [0.15, 0.2) is 0 Å². The summed E-state index contributed by atoms with van der Waals surface area (Å²) < 4.78 is 1.58. The molecular weight excluding hydrogens is 382 g/mol. The number of benzene rings is 2. The number of rotatable bonds is 6. The molecule has 4 rings (SSSR count). The van der Waals surface area contributed by atoms with E-state index < -0.39 is 5.91 Å². The molecule has 0 aliphatic carbocycles. The van der Waals surface area contributed by atoms with Crippen LogP contribution in [-0.2, 0) is 17.8 Å². The molecule has 2 heterocycles. The molecule has 0 atom stereocenters. The van der Waals surface area contributed by atoms with Crippen LogP contribution in [0, 0.1) is 0 Å². The Morgan fingerprint density at radius 3 is 2.34 bits per heavy atom. The minimum atomic E-state index is -0.430. The van der Waals surface area contributed by atoms with Crippen molar-refractivity contribution >= 4 is 27.5 Å². The van der Waals surface area contributed by atoms with Gasteiger partial charge in [-0.05, 0) is 16.7 Å². The SMILES string of the molecule is CCc1nc2scc(-c3ccc(-c4ccccc4)cc3)c2c(=O)n1CCC(N)=O. The molecule has 0 aliphatic heterocycles. The molecule has 146 valence electrons. The number of aryl methyl sites for hydroxylation is 1. The van der Waals surface area contributed by atoms with E-state index in [1.165, 1.54) is 11.3 Å². The normalized spacial score (nSPS) is 11.1.